The standard InChI is InChI=1S/C26H18ClF5N4O3S/c27-16-11-20(28)24(21(29)12-16)34-40(38,39)19-9-14-5-7-36(25(14)22(33)13-19)18-3-1-17(2-4-18)35-8-6-15(10-23(35)37)26(30,31)32/h1-4,6,8-13,34H,5,7,33H2. The zero-order chi connectivity index (χ0) is 29.0. The molecule has 0 aliphatic carbocycles. The minimum absolute atomic E-state index is 0.0930. The Morgan fingerprint density at radius 3 is 2.15 bits per heavy atom. The van der Waals surface area contributed by atoms with Crippen LogP contribution in [0.15, 0.2) is 76.6 Å². The maximum atomic E-state index is 14.2. The summed E-state index contributed by atoms with van der Waals surface area (Å²) in [5.74, 6) is -2.37. The fourth-order valence-corrected chi connectivity index (χ4v) is 5.81. The number of anilines is 4. The molecular weight excluding hydrogens is 579 g/mol. The third-order valence-corrected chi connectivity index (χ3v) is 7.85. The van der Waals surface area contributed by atoms with Gasteiger partial charge in [0.05, 0.1) is 21.8 Å². The van der Waals surface area contributed by atoms with Crippen LogP contribution in [-0.2, 0) is 22.6 Å². The minimum Gasteiger partial charge on any atom is -0.397 e. The molecule has 2 heterocycles. The highest BCUT2D eigenvalue weighted by Gasteiger charge is 2.31. The monoisotopic (exact) mass is 596 g/mol. The van der Waals surface area contributed by atoms with Crippen molar-refractivity contribution >= 4 is 44.4 Å². The van der Waals surface area contributed by atoms with Gasteiger partial charge in [0.15, 0.2) is 11.6 Å². The predicted octanol–water partition coefficient (Wildman–Crippen LogP) is 5.87. The number of sulfonamides is 1. The third kappa shape index (κ3) is 5.09. The SMILES string of the molecule is Nc1cc(S(=O)(=O)Nc2c(F)cc(Cl)cc2F)cc2c1N(c1ccc(-n3ccc(C(F)(F)F)cc3=O)cc1)CC2. The van der Waals surface area contributed by atoms with E-state index < -0.39 is 44.6 Å². The van der Waals surface area contributed by atoms with Gasteiger partial charge in [-0.3, -0.25) is 14.1 Å². The van der Waals surface area contributed by atoms with E-state index in [1.54, 1.807) is 24.3 Å². The van der Waals surface area contributed by atoms with Crippen LogP contribution >= 0.6 is 11.6 Å². The zero-order valence-electron chi connectivity index (χ0n) is 20.1. The van der Waals surface area contributed by atoms with Crippen molar-refractivity contribution in [1.29, 1.82) is 0 Å². The van der Waals surface area contributed by atoms with Gasteiger partial charge in [-0.25, -0.2) is 17.2 Å². The van der Waals surface area contributed by atoms with Gasteiger partial charge in [-0.1, -0.05) is 11.6 Å². The summed E-state index contributed by atoms with van der Waals surface area (Å²) in [7, 11) is -4.42. The molecule has 7 nitrogen and oxygen atoms in total. The topological polar surface area (TPSA) is 97.4 Å². The molecule has 14 heteroatoms. The van der Waals surface area contributed by atoms with Crippen LogP contribution in [-0.4, -0.2) is 19.5 Å². The molecule has 0 radical (unpaired) electrons. The Bertz CT molecular complexity index is 1790. The van der Waals surface area contributed by atoms with Crippen LogP contribution in [0.25, 0.3) is 5.69 Å². The second kappa shape index (κ2) is 9.82. The van der Waals surface area contributed by atoms with E-state index in [2.05, 4.69) is 0 Å². The first-order chi connectivity index (χ1) is 18.7. The number of nitrogens with two attached hydrogens (primary N) is 1. The lowest BCUT2D eigenvalue weighted by molar-refractivity contribution is -0.137. The molecule has 40 heavy (non-hydrogen) atoms. The van der Waals surface area contributed by atoms with Gasteiger partial charge < -0.3 is 10.6 Å². The molecule has 0 fully saturated rings. The third-order valence-electron chi connectivity index (χ3n) is 6.31. The van der Waals surface area contributed by atoms with Crippen LogP contribution in [0.4, 0.5) is 44.7 Å². The Kier molecular flexibility index (Phi) is 6.74. The molecule has 0 amide bonds. The lowest BCUT2D eigenvalue weighted by atomic mass is 10.1. The highest BCUT2D eigenvalue weighted by molar-refractivity contribution is 7.92. The van der Waals surface area contributed by atoms with Crippen LogP contribution < -0.4 is 20.9 Å². The van der Waals surface area contributed by atoms with Crippen molar-refractivity contribution in [3.8, 4) is 5.69 Å². The van der Waals surface area contributed by atoms with Gasteiger partial charge >= 0.3 is 6.18 Å². The van der Waals surface area contributed by atoms with Crippen molar-refractivity contribution in [2.75, 3.05) is 21.9 Å². The van der Waals surface area contributed by atoms with Crippen molar-refractivity contribution < 1.29 is 30.4 Å². The Hall–Kier alpha value is -4.10. The van der Waals surface area contributed by atoms with Gasteiger partial charge in [0, 0.05) is 35.2 Å². The number of nitrogen functional groups attached to an aromatic ring is 1. The van der Waals surface area contributed by atoms with Gasteiger partial charge in [-0.15, -0.1) is 0 Å². The number of rotatable bonds is 5. The summed E-state index contributed by atoms with van der Waals surface area (Å²) in [6, 6.07) is 11.8. The molecule has 0 atom stereocenters. The minimum atomic E-state index is -4.64. The molecule has 0 spiro atoms. The number of alkyl halides is 3. The summed E-state index contributed by atoms with van der Waals surface area (Å²) >= 11 is 5.60. The largest absolute Gasteiger partial charge is 0.416 e. The van der Waals surface area contributed by atoms with E-state index in [0.717, 1.165) is 29.0 Å². The number of pyridine rings is 1. The van der Waals surface area contributed by atoms with E-state index in [9.17, 15) is 35.2 Å². The maximum absolute atomic E-state index is 14.2. The van der Waals surface area contributed by atoms with Crippen molar-refractivity contribution in [2.24, 2.45) is 0 Å². The summed E-state index contributed by atoms with van der Waals surface area (Å²) in [5, 5.41) is -0.237. The van der Waals surface area contributed by atoms with Gasteiger partial charge in [-0.05, 0) is 66.6 Å². The molecule has 4 aromatic rings. The first-order valence-corrected chi connectivity index (χ1v) is 13.4. The molecule has 5 rings (SSSR count). The number of benzene rings is 3. The van der Waals surface area contributed by atoms with Crippen molar-refractivity contribution in [2.45, 2.75) is 17.5 Å². The molecule has 3 aromatic carbocycles. The first-order valence-electron chi connectivity index (χ1n) is 11.5. The van der Waals surface area contributed by atoms with Crippen LogP contribution in [0, 0.1) is 11.6 Å². The van der Waals surface area contributed by atoms with E-state index in [1.807, 2.05) is 9.62 Å². The predicted molar refractivity (Wildman–Crippen MR) is 141 cm³/mol. The van der Waals surface area contributed by atoms with E-state index in [-0.39, 0.29) is 15.6 Å². The molecule has 1 aliphatic heterocycles. The van der Waals surface area contributed by atoms with E-state index in [0.29, 0.717) is 41.7 Å². The van der Waals surface area contributed by atoms with E-state index in [4.69, 9.17) is 17.3 Å². The Morgan fingerprint density at radius 1 is 0.925 bits per heavy atom. The number of nitrogens with zero attached hydrogens (tertiary/aromatic N) is 2. The van der Waals surface area contributed by atoms with Crippen LogP contribution in [0.3, 0.4) is 0 Å². The highest BCUT2D eigenvalue weighted by atomic mass is 35.5. The second-order valence-electron chi connectivity index (χ2n) is 8.91. The van der Waals surface area contributed by atoms with Crippen molar-refractivity contribution in [3.05, 3.63) is 105 Å². The van der Waals surface area contributed by atoms with Crippen molar-refractivity contribution in [1.82, 2.24) is 4.57 Å². The fraction of sp³-hybridized carbons (Fsp3) is 0.115. The van der Waals surface area contributed by atoms with Gasteiger partial charge in [0.25, 0.3) is 15.6 Å². The number of aromatic nitrogens is 1. The summed E-state index contributed by atoms with van der Waals surface area (Å²) in [6.45, 7) is 0.413. The summed E-state index contributed by atoms with van der Waals surface area (Å²) in [6.07, 6.45) is -3.20. The van der Waals surface area contributed by atoms with Gasteiger partial charge in [0.2, 0.25) is 0 Å². The Balaban J connectivity index is 1.42. The Labute approximate surface area is 229 Å². The normalized spacial score (nSPS) is 13.4. The maximum Gasteiger partial charge on any atom is 0.416 e. The van der Waals surface area contributed by atoms with E-state index in [1.165, 1.54) is 12.1 Å². The smallest absolute Gasteiger partial charge is 0.397 e. The quantitative estimate of drug-likeness (QED) is 0.222. The average Bonchev–Trinajstić information content (AvgIpc) is 3.31. The summed E-state index contributed by atoms with van der Waals surface area (Å²) in [4.78, 5) is 13.8. The molecule has 0 bridgehead atoms. The highest BCUT2D eigenvalue weighted by Crippen LogP contribution is 2.41. The summed E-state index contributed by atoms with van der Waals surface area (Å²) in [5.41, 5.74) is 5.61. The number of fused-ring (bicyclic) bond motifs is 1. The van der Waals surface area contributed by atoms with Crippen molar-refractivity contribution in [3.63, 3.8) is 0 Å². The summed E-state index contributed by atoms with van der Waals surface area (Å²) < 4.78 is 95.8. The number of halogens is 6. The molecule has 0 saturated heterocycles. The zero-order valence-corrected chi connectivity index (χ0v) is 21.7. The molecular formula is C26H18ClF5N4O3S. The van der Waals surface area contributed by atoms with Crippen LogP contribution in [0.2, 0.25) is 5.02 Å². The Morgan fingerprint density at radius 2 is 1.55 bits per heavy atom. The van der Waals surface area contributed by atoms with E-state index >= 15 is 0 Å². The number of nitrogens with one attached hydrogen (secondary N) is 1. The molecule has 208 valence electrons. The molecule has 0 unspecified atom stereocenters. The van der Waals surface area contributed by atoms with Crippen LogP contribution in [0.1, 0.15) is 11.1 Å². The second-order valence-corrected chi connectivity index (χ2v) is 11.0. The lowest BCUT2D eigenvalue weighted by Gasteiger charge is -2.22. The molecule has 3 N–H and O–H groups in total. The number of hydrogen-bond acceptors (Lipinski definition) is 5. The molecule has 1 aromatic heterocycles. The lowest BCUT2D eigenvalue weighted by Crippen LogP contribution is -2.20. The molecule has 0 saturated carbocycles. The fourth-order valence-electron chi connectivity index (χ4n) is 4.46. The van der Waals surface area contributed by atoms with Gasteiger partial charge in [0.1, 0.15) is 5.69 Å². The first kappa shape index (κ1) is 27.5. The molecule has 1 aliphatic rings. The van der Waals surface area contributed by atoms with Crippen LogP contribution in [0.5, 0.6) is 0 Å². The average molecular weight is 597 g/mol. The number of hydrogen-bond donors (Lipinski definition) is 2. The van der Waals surface area contributed by atoms with Gasteiger partial charge in [-0.2, -0.15) is 13.2 Å².